The molecular formula is C12H13F2NO4. The van der Waals surface area contributed by atoms with Crippen LogP contribution in [0.5, 0.6) is 0 Å². The van der Waals surface area contributed by atoms with E-state index in [9.17, 15) is 18.4 Å². The van der Waals surface area contributed by atoms with Gasteiger partial charge >= 0.3 is 5.97 Å². The van der Waals surface area contributed by atoms with Crippen LogP contribution in [0.2, 0.25) is 0 Å². The van der Waals surface area contributed by atoms with Crippen molar-refractivity contribution >= 4 is 11.9 Å². The average molecular weight is 273 g/mol. The maximum atomic E-state index is 13.0. The summed E-state index contributed by atoms with van der Waals surface area (Å²) >= 11 is 0. The minimum absolute atomic E-state index is 0.286. The van der Waals surface area contributed by atoms with Crippen molar-refractivity contribution in [3.63, 3.8) is 0 Å². The molecule has 1 amide bonds. The number of hydrogen-bond acceptors (Lipinski definition) is 3. The zero-order chi connectivity index (χ0) is 14.6. The highest BCUT2D eigenvalue weighted by Crippen LogP contribution is 2.11. The number of halogens is 2. The topological polar surface area (TPSA) is 75.6 Å². The van der Waals surface area contributed by atoms with E-state index in [-0.39, 0.29) is 12.2 Å². The molecule has 0 saturated heterocycles. The van der Waals surface area contributed by atoms with Crippen LogP contribution in [-0.2, 0) is 9.53 Å². The molecule has 0 aliphatic heterocycles. The second-order valence-corrected chi connectivity index (χ2v) is 4.18. The average Bonchev–Trinajstić information content (AvgIpc) is 2.27. The lowest BCUT2D eigenvalue weighted by Crippen LogP contribution is -2.55. The number of benzene rings is 1. The summed E-state index contributed by atoms with van der Waals surface area (Å²) in [5.74, 6) is -4.07. The van der Waals surface area contributed by atoms with Gasteiger partial charge in [-0.05, 0) is 19.1 Å². The SMILES string of the molecule is COCC(C)(NC(=O)c1cc(F)cc(F)c1)C(=O)O. The van der Waals surface area contributed by atoms with Crippen molar-refractivity contribution in [3.05, 3.63) is 35.4 Å². The van der Waals surface area contributed by atoms with E-state index in [4.69, 9.17) is 9.84 Å². The highest BCUT2D eigenvalue weighted by molar-refractivity contribution is 5.97. The number of carbonyl (C=O) groups excluding carboxylic acids is 1. The van der Waals surface area contributed by atoms with E-state index in [0.29, 0.717) is 6.07 Å². The van der Waals surface area contributed by atoms with Crippen molar-refractivity contribution in [2.75, 3.05) is 13.7 Å². The molecule has 7 heteroatoms. The molecule has 1 aromatic rings. The van der Waals surface area contributed by atoms with Crippen LogP contribution in [0.3, 0.4) is 0 Å². The Kier molecular flexibility index (Phi) is 4.55. The number of carboxylic acid groups (broad SMARTS) is 1. The number of aliphatic carboxylic acids is 1. The molecule has 2 N–H and O–H groups in total. The van der Waals surface area contributed by atoms with Crippen LogP contribution in [0.25, 0.3) is 0 Å². The Morgan fingerprint density at radius 3 is 2.26 bits per heavy atom. The van der Waals surface area contributed by atoms with E-state index in [0.717, 1.165) is 12.1 Å². The van der Waals surface area contributed by atoms with Crippen LogP contribution in [0.1, 0.15) is 17.3 Å². The number of rotatable bonds is 5. The minimum atomic E-state index is -1.69. The maximum absolute atomic E-state index is 13.0. The van der Waals surface area contributed by atoms with Gasteiger partial charge in [-0.2, -0.15) is 0 Å². The third kappa shape index (κ3) is 3.72. The molecule has 0 saturated carbocycles. The fourth-order valence-electron chi connectivity index (χ4n) is 1.45. The first-order valence-corrected chi connectivity index (χ1v) is 5.29. The van der Waals surface area contributed by atoms with Gasteiger partial charge in [-0.25, -0.2) is 13.6 Å². The standard InChI is InChI=1S/C12H13F2NO4/c1-12(6-19-2,11(17)18)15-10(16)7-3-8(13)5-9(14)4-7/h3-5H,6H2,1-2H3,(H,15,16)(H,17,18). The first-order valence-electron chi connectivity index (χ1n) is 5.29. The Morgan fingerprint density at radius 1 is 1.32 bits per heavy atom. The fraction of sp³-hybridized carbons (Fsp3) is 0.333. The highest BCUT2D eigenvalue weighted by Gasteiger charge is 2.35. The summed E-state index contributed by atoms with van der Waals surface area (Å²) in [5, 5.41) is 11.2. The minimum Gasteiger partial charge on any atom is -0.479 e. The van der Waals surface area contributed by atoms with Crippen LogP contribution < -0.4 is 5.32 Å². The van der Waals surface area contributed by atoms with Crippen LogP contribution in [0.4, 0.5) is 8.78 Å². The Balaban J connectivity index is 2.97. The first-order chi connectivity index (χ1) is 8.78. The number of amides is 1. The summed E-state index contributed by atoms with van der Waals surface area (Å²) in [5.41, 5.74) is -1.99. The van der Waals surface area contributed by atoms with Gasteiger partial charge in [-0.15, -0.1) is 0 Å². The lowest BCUT2D eigenvalue weighted by atomic mass is 10.0. The summed E-state index contributed by atoms with van der Waals surface area (Å²) in [4.78, 5) is 22.8. The summed E-state index contributed by atoms with van der Waals surface area (Å²) in [6.07, 6.45) is 0. The summed E-state index contributed by atoms with van der Waals surface area (Å²) in [6.45, 7) is 0.943. The van der Waals surface area contributed by atoms with Crippen LogP contribution in [0, 0.1) is 11.6 Å². The van der Waals surface area contributed by atoms with Crippen molar-refractivity contribution in [1.82, 2.24) is 5.32 Å². The number of ether oxygens (including phenoxy) is 1. The third-order valence-electron chi connectivity index (χ3n) is 2.42. The summed E-state index contributed by atoms with van der Waals surface area (Å²) < 4.78 is 30.6. The van der Waals surface area contributed by atoms with Gasteiger partial charge in [0, 0.05) is 18.7 Å². The maximum Gasteiger partial charge on any atom is 0.331 e. The molecule has 0 aliphatic carbocycles. The zero-order valence-corrected chi connectivity index (χ0v) is 10.4. The Morgan fingerprint density at radius 2 is 1.84 bits per heavy atom. The summed E-state index contributed by atoms with van der Waals surface area (Å²) in [7, 11) is 1.27. The van der Waals surface area contributed by atoms with Crippen LogP contribution >= 0.6 is 0 Å². The van der Waals surface area contributed by atoms with Gasteiger partial charge < -0.3 is 15.2 Å². The van der Waals surface area contributed by atoms with E-state index in [1.165, 1.54) is 14.0 Å². The first kappa shape index (κ1) is 15.0. The second-order valence-electron chi connectivity index (χ2n) is 4.18. The Labute approximate surface area is 108 Å². The molecule has 5 nitrogen and oxygen atoms in total. The van der Waals surface area contributed by atoms with Crippen LogP contribution in [0.15, 0.2) is 18.2 Å². The molecular weight excluding hydrogens is 260 g/mol. The van der Waals surface area contributed by atoms with Crippen molar-refractivity contribution in [3.8, 4) is 0 Å². The molecule has 0 radical (unpaired) electrons. The predicted molar refractivity (Wildman–Crippen MR) is 61.7 cm³/mol. The highest BCUT2D eigenvalue weighted by atomic mass is 19.1. The molecule has 0 aromatic heterocycles. The molecule has 104 valence electrons. The van der Waals surface area contributed by atoms with E-state index < -0.39 is 29.0 Å². The molecule has 0 fully saturated rings. The molecule has 0 aliphatic rings. The van der Waals surface area contributed by atoms with Gasteiger partial charge in [0.15, 0.2) is 5.54 Å². The molecule has 1 rings (SSSR count). The monoisotopic (exact) mass is 273 g/mol. The van der Waals surface area contributed by atoms with Gasteiger partial charge in [-0.1, -0.05) is 0 Å². The van der Waals surface area contributed by atoms with Crippen LogP contribution in [-0.4, -0.2) is 36.2 Å². The van der Waals surface area contributed by atoms with E-state index in [1.807, 2.05) is 0 Å². The van der Waals surface area contributed by atoms with Gasteiger partial charge in [0.1, 0.15) is 11.6 Å². The zero-order valence-electron chi connectivity index (χ0n) is 10.4. The van der Waals surface area contributed by atoms with Crippen molar-refractivity contribution in [2.24, 2.45) is 0 Å². The Hall–Kier alpha value is -2.02. The lowest BCUT2D eigenvalue weighted by molar-refractivity contribution is -0.145. The number of carboxylic acids is 1. The number of hydrogen-bond donors (Lipinski definition) is 2. The molecule has 0 heterocycles. The van der Waals surface area contributed by atoms with Crippen molar-refractivity contribution in [2.45, 2.75) is 12.5 Å². The molecule has 1 atom stereocenters. The summed E-state index contributed by atoms with van der Waals surface area (Å²) in [6, 6.07) is 2.24. The van der Waals surface area contributed by atoms with E-state index in [2.05, 4.69) is 5.32 Å². The quantitative estimate of drug-likeness (QED) is 0.844. The third-order valence-corrected chi connectivity index (χ3v) is 2.42. The normalized spacial score (nSPS) is 13.7. The van der Waals surface area contributed by atoms with Gasteiger partial charge in [0.2, 0.25) is 0 Å². The van der Waals surface area contributed by atoms with Gasteiger partial charge in [0.05, 0.1) is 6.61 Å². The molecule has 1 unspecified atom stereocenters. The molecule has 0 spiro atoms. The van der Waals surface area contributed by atoms with Gasteiger partial charge in [0.25, 0.3) is 5.91 Å². The smallest absolute Gasteiger partial charge is 0.331 e. The molecule has 19 heavy (non-hydrogen) atoms. The van der Waals surface area contributed by atoms with E-state index in [1.54, 1.807) is 0 Å². The van der Waals surface area contributed by atoms with E-state index >= 15 is 0 Å². The number of nitrogens with one attached hydrogen (secondary N) is 1. The largest absolute Gasteiger partial charge is 0.479 e. The number of carbonyl (C=O) groups is 2. The predicted octanol–water partition coefficient (Wildman–Crippen LogP) is 1.18. The lowest BCUT2D eigenvalue weighted by Gasteiger charge is -2.25. The van der Waals surface area contributed by atoms with Crippen molar-refractivity contribution in [1.29, 1.82) is 0 Å². The van der Waals surface area contributed by atoms with Gasteiger partial charge in [-0.3, -0.25) is 4.79 Å². The molecule has 0 bridgehead atoms. The van der Waals surface area contributed by atoms with Crippen molar-refractivity contribution < 1.29 is 28.2 Å². The second kappa shape index (κ2) is 5.75. The molecule has 1 aromatic carbocycles. The fourth-order valence-corrected chi connectivity index (χ4v) is 1.45. The Bertz CT molecular complexity index is 486. The number of methoxy groups -OCH3 is 1.